The molecule has 1 saturated carbocycles. The molecule has 1 aliphatic carbocycles. The fraction of sp³-hybridized carbons (Fsp3) is 0.700. The average Bonchev–Trinajstić information content (AvgIpc) is 2.48. The smallest absolute Gasteiger partial charge is 0.0798 e. The lowest BCUT2D eigenvalue weighted by Crippen LogP contribution is -2.44. The second kappa shape index (κ2) is 3.96. The Morgan fingerprint density at radius 3 is 2.86 bits per heavy atom. The maximum Gasteiger partial charge on any atom is 0.0798 e. The van der Waals surface area contributed by atoms with Gasteiger partial charge in [0.05, 0.1) is 17.3 Å². The van der Waals surface area contributed by atoms with Gasteiger partial charge in [-0.2, -0.15) is 0 Å². The number of aromatic nitrogens is 1. The Balaban J connectivity index is 1.90. The third-order valence-corrected chi connectivity index (χ3v) is 3.89. The molecule has 4 heteroatoms. The average molecular weight is 212 g/mol. The Bertz CT molecular complexity index is 307. The molecule has 78 valence electrons. The quantitative estimate of drug-likeness (QED) is 0.800. The molecule has 0 radical (unpaired) electrons. The van der Waals surface area contributed by atoms with Gasteiger partial charge >= 0.3 is 0 Å². The van der Waals surface area contributed by atoms with Crippen LogP contribution in [0.3, 0.4) is 0 Å². The predicted octanol–water partition coefficient (Wildman–Crippen LogP) is 1.63. The van der Waals surface area contributed by atoms with E-state index in [1.54, 1.807) is 11.3 Å². The fourth-order valence-corrected chi connectivity index (χ4v) is 2.70. The van der Waals surface area contributed by atoms with Gasteiger partial charge in [-0.25, -0.2) is 4.98 Å². The van der Waals surface area contributed by atoms with E-state index in [1.807, 2.05) is 12.4 Å². The summed E-state index contributed by atoms with van der Waals surface area (Å²) in [4.78, 5) is 5.54. The summed E-state index contributed by atoms with van der Waals surface area (Å²) < 4.78 is 0. The summed E-state index contributed by atoms with van der Waals surface area (Å²) in [5.74, 6) is 0. The summed E-state index contributed by atoms with van der Waals surface area (Å²) in [6, 6.07) is 0.849. The second-order valence-electron chi connectivity index (χ2n) is 4.01. The van der Waals surface area contributed by atoms with Gasteiger partial charge in [0.15, 0.2) is 0 Å². The van der Waals surface area contributed by atoms with Gasteiger partial charge < -0.3 is 10.4 Å². The molecule has 0 spiro atoms. The lowest BCUT2D eigenvalue weighted by atomic mass is 9.89. The number of aliphatic hydroxyl groups is 1. The molecule has 14 heavy (non-hydrogen) atoms. The first-order valence-electron chi connectivity index (χ1n) is 5.01. The summed E-state index contributed by atoms with van der Waals surface area (Å²) in [6.45, 7) is 4.20. The van der Waals surface area contributed by atoms with Crippen molar-refractivity contribution in [2.24, 2.45) is 0 Å². The van der Waals surface area contributed by atoms with E-state index < -0.39 is 0 Å². The van der Waals surface area contributed by atoms with Gasteiger partial charge in [-0.15, -0.1) is 11.3 Å². The van der Waals surface area contributed by atoms with Gasteiger partial charge in [0.1, 0.15) is 0 Å². The van der Waals surface area contributed by atoms with Crippen molar-refractivity contribution in [2.75, 3.05) is 0 Å². The predicted molar refractivity (Wildman–Crippen MR) is 57.4 cm³/mol. The lowest BCUT2D eigenvalue weighted by Gasteiger charge is -2.34. The number of nitrogens with zero attached hydrogens (tertiary/aromatic N) is 1. The Labute approximate surface area is 88.2 Å². The van der Waals surface area contributed by atoms with Crippen LogP contribution in [0.2, 0.25) is 0 Å². The van der Waals surface area contributed by atoms with Gasteiger partial charge in [-0.05, 0) is 26.7 Å². The van der Waals surface area contributed by atoms with Crippen LogP contribution in [0.4, 0.5) is 0 Å². The molecule has 2 N–H and O–H groups in total. The first-order chi connectivity index (χ1) is 6.66. The number of aliphatic hydroxyl groups excluding tert-OH is 1. The van der Waals surface area contributed by atoms with Crippen LogP contribution in [0.1, 0.15) is 36.4 Å². The van der Waals surface area contributed by atoms with E-state index in [2.05, 4.69) is 17.2 Å². The first-order valence-corrected chi connectivity index (χ1v) is 5.89. The number of hydrogen-bond donors (Lipinski definition) is 2. The van der Waals surface area contributed by atoms with E-state index in [9.17, 15) is 0 Å². The van der Waals surface area contributed by atoms with Gasteiger partial charge in [0, 0.05) is 17.0 Å². The molecule has 0 aromatic carbocycles. The topological polar surface area (TPSA) is 45.2 Å². The summed E-state index contributed by atoms with van der Waals surface area (Å²) in [7, 11) is 0. The highest BCUT2D eigenvalue weighted by Gasteiger charge is 2.28. The van der Waals surface area contributed by atoms with E-state index in [4.69, 9.17) is 5.11 Å². The van der Waals surface area contributed by atoms with Crippen molar-refractivity contribution in [3.63, 3.8) is 0 Å². The molecule has 1 unspecified atom stereocenters. The number of aryl methyl sites for hydroxylation is 1. The third-order valence-electron chi connectivity index (χ3n) is 2.77. The molecular weight excluding hydrogens is 196 g/mol. The van der Waals surface area contributed by atoms with Gasteiger partial charge in [0.2, 0.25) is 0 Å². The van der Waals surface area contributed by atoms with E-state index in [0.717, 1.165) is 18.5 Å². The van der Waals surface area contributed by atoms with Crippen LogP contribution in [0.25, 0.3) is 0 Å². The Morgan fingerprint density at radius 1 is 1.64 bits per heavy atom. The highest BCUT2D eigenvalue weighted by Crippen LogP contribution is 2.26. The van der Waals surface area contributed by atoms with Crippen LogP contribution in [0.5, 0.6) is 0 Å². The molecule has 2 rings (SSSR count). The molecular formula is C10H16N2OS. The molecule has 1 aliphatic rings. The molecule has 1 atom stereocenters. The van der Waals surface area contributed by atoms with E-state index in [1.165, 1.54) is 4.88 Å². The zero-order valence-electron chi connectivity index (χ0n) is 8.53. The van der Waals surface area contributed by atoms with Gasteiger partial charge in [-0.1, -0.05) is 0 Å². The lowest BCUT2D eigenvalue weighted by molar-refractivity contribution is 0.0587. The maximum absolute atomic E-state index is 9.17. The molecule has 0 saturated heterocycles. The number of hydrogen-bond acceptors (Lipinski definition) is 4. The van der Waals surface area contributed by atoms with E-state index in [0.29, 0.717) is 12.1 Å². The van der Waals surface area contributed by atoms with Crippen LogP contribution in [0, 0.1) is 6.92 Å². The molecule has 1 fully saturated rings. The molecule has 1 heterocycles. The van der Waals surface area contributed by atoms with Crippen LogP contribution in [-0.4, -0.2) is 22.2 Å². The minimum absolute atomic E-state index is 0.0812. The van der Waals surface area contributed by atoms with Gasteiger partial charge in [0.25, 0.3) is 0 Å². The van der Waals surface area contributed by atoms with Crippen LogP contribution < -0.4 is 5.32 Å². The second-order valence-corrected chi connectivity index (χ2v) is 4.90. The number of rotatable bonds is 3. The Hall–Kier alpha value is -0.450. The monoisotopic (exact) mass is 212 g/mol. The summed E-state index contributed by atoms with van der Waals surface area (Å²) in [5, 5.41) is 12.7. The molecule has 3 nitrogen and oxygen atoms in total. The minimum atomic E-state index is -0.0812. The van der Waals surface area contributed by atoms with Crippen LogP contribution in [0.15, 0.2) is 5.51 Å². The summed E-state index contributed by atoms with van der Waals surface area (Å²) in [5.41, 5.74) is 3.01. The zero-order valence-corrected chi connectivity index (χ0v) is 9.34. The van der Waals surface area contributed by atoms with Crippen molar-refractivity contribution in [2.45, 2.75) is 44.9 Å². The van der Waals surface area contributed by atoms with Crippen molar-refractivity contribution >= 4 is 11.3 Å². The van der Waals surface area contributed by atoms with Crippen molar-refractivity contribution in [3.05, 3.63) is 16.1 Å². The highest BCUT2D eigenvalue weighted by molar-refractivity contribution is 7.09. The van der Waals surface area contributed by atoms with Crippen LogP contribution >= 0.6 is 11.3 Å². The Kier molecular flexibility index (Phi) is 2.85. The molecule has 0 amide bonds. The molecule has 0 bridgehead atoms. The standard InChI is InChI=1S/C10H16N2OS/c1-6-10(14-5-11-6)7(2)12-8-3-9(13)4-8/h5,7-9,12-13H,3-4H2,1-2H3. The molecule has 1 aromatic heterocycles. The van der Waals surface area contributed by atoms with Crippen molar-refractivity contribution in [1.82, 2.24) is 10.3 Å². The maximum atomic E-state index is 9.17. The van der Waals surface area contributed by atoms with Crippen LogP contribution in [-0.2, 0) is 0 Å². The van der Waals surface area contributed by atoms with Crippen molar-refractivity contribution in [3.8, 4) is 0 Å². The van der Waals surface area contributed by atoms with Crippen molar-refractivity contribution < 1.29 is 5.11 Å². The summed E-state index contributed by atoms with van der Waals surface area (Å²) >= 11 is 1.70. The summed E-state index contributed by atoms with van der Waals surface area (Å²) in [6.07, 6.45) is 1.70. The Morgan fingerprint density at radius 2 is 2.36 bits per heavy atom. The van der Waals surface area contributed by atoms with Crippen molar-refractivity contribution in [1.29, 1.82) is 0 Å². The largest absolute Gasteiger partial charge is 0.393 e. The third kappa shape index (κ3) is 1.97. The van der Waals surface area contributed by atoms with E-state index >= 15 is 0 Å². The minimum Gasteiger partial charge on any atom is -0.393 e. The highest BCUT2D eigenvalue weighted by atomic mass is 32.1. The van der Waals surface area contributed by atoms with E-state index in [-0.39, 0.29) is 6.10 Å². The normalized spacial score (nSPS) is 28.5. The SMILES string of the molecule is Cc1ncsc1C(C)NC1CC(O)C1. The number of nitrogens with one attached hydrogen (secondary N) is 1. The fourth-order valence-electron chi connectivity index (χ4n) is 1.88. The number of thiazole rings is 1. The molecule has 1 aromatic rings. The molecule has 0 aliphatic heterocycles. The van der Waals surface area contributed by atoms with Gasteiger partial charge in [-0.3, -0.25) is 0 Å². The zero-order chi connectivity index (χ0) is 10.1. The first kappa shape index (κ1) is 10.1.